The molecule has 1 aromatic carbocycles. The lowest BCUT2D eigenvalue weighted by atomic mass is 10.0. The molecule has 4 heterocycles. The number of aryl methyl sites for hydroxylation is 1. The molecule has 1 aromatic heterocycles. The summed E-state index contributed by atoms with van der Waals surface area (Å²) in [6.45, 7) is 2.98. The Morgan fingerprint density at radius 1 is 1.26 bits per heavy atom. The van der Waals surface area contributed by atoms with Crippen LogP contribution in [0.4, 0.5) is 0 Å². The van der Waals surface area contributed by atoms with Crippen LogP contribution >= 0.6 is 0 Å². The van der Waals surface area contributed by atoms with Gasteiger partial charge in [-0.2, -0.15) is 0 Å². The van der Waals surface area contributed by atoms with Gasteiger partial charge < -0.3 is 14.5 Å². The first-order valence-corrected chi connectivity index (χ1v) is 9.34. The zero-order chi connectivity index (χ0) is 18.6. The molecule has 0 unspecified atom stereocenters. The third kappa shape index (κ3) is 2.33. The van der Waals surface area contributed by atoms with Gasteiger partial charge in [-0.25, -0.2) is 0 Å². The van der Waals surface area contributed by atoms with Crippen LogP contribution in [-0.2, 0) is 9.53 Å². The molecule has 3 aliphatic heterocycles. The molecule has 3 aliphatic rings. The molecule has 3 saturated heterocycles. The normalized spacial score (nSPS) is 29.1. The smallest absolute Gasteiger partial charge is 0.255 e. The van der Waals surface area contributed by atoms with Crippen LogP contribution in [0, 0.1) is 6.92 Å². The van der Waals surface area contributed by atoms with Crippen molar-refractivity contribution in [2.24, 2.45) is 0 Å². The lowest BCUT2D eigenvalue weighted by molar-refractivity contribution is -0.138. The molecule has 0 radical (unpaired) electrons. The second-order valence-corrected chi connectivity index (χ2v) is 7.57. The number of pyridine rings is 1. The summed E-state index contributed by atoms with van der Waals surface area (Å²) in [5.74, 6) is -0.0132. The first-order chi connectivity index (χ1) is 13.1. The number of benzene rings is 1. The molecule has 138 valence electrons. The van der Waals surface area contributed by atoms with Crippen LogP contribution in [0.25, 0.3) is 0 Å². The number of likely N-dealkylation sites (tertiary alicyclic amines) is 1. The number of nitrogens with zero attached hydrogens (tertiary/aromatic N) is 3. The van der Waals surface area contributed by atoms with Gasteiger partial charge in [0.2, 0.25) is 5.91 Å². The quantitative estimate of drug-likeness (QED) is 0.821. The van der Waals surface area contributed by atoms with Crippen molar-refractivity contribution >= 4 is 11.8 Å². The highest BCUT2D eigenvalue weighted by molar-refractivity contribution is 5.95. The van der Waals surface area contributed by atoms with Crippen LogP contribution < -0.4 is 0 Å². The van der Waals surface area contributed by atoms with Gasteiger partial charge in [-0.1, -0.05) is 30.3 Å². The number of hydrogen-bond acceptors (Lipinski definition) is 4. The Bertz CT molecular complexity index is 916. The fourth-order valence-corrected chi connectivity index (χ4v) is 4.85. The van der Waals surface area contributed by atoms with Crippen molar-refractivity contribution in [3.63, 3.8) is 0 Å². The predicted molar refractivity (Wildman–Crippen MR) is 97.7 cm³/mol. The summed E-state index contributed by atoms with van der Waals surface area (Å²) in [5, 5.41) is 0. The van der Waals surface area contributed by atoms with Crippen LogP contribution in [-0.4, -0.2) is 51.5 Å². The van der Waals surface area contributed by atoms with E-state index in [0.717, 1.165) is 11.1 Å². The summed E-state index contributed by atoms with van der Waals surface area (Å²) in [5.41, 5.74) is 1.90. The minimum Gasteiger partial charge on any atom is -0.351 e. The van der Waals surface area contributed by atoms with Gasteiger partial charge in [-0.15, -0.1) is 0 Å². The maximum atomic E-state index is 13.1. The summed E-state index contributed by atoms with van der Waals surface area (Å²) in [7, 11) is 0. The predicted octanol–water partition coefficient (Wildman–Crippen LogP) is 2.30. The summed E-state index contributed by atoms with van der Waals surface area (Å²) in [6, 6.07) is 11.5. The average Bonchev–Trinajstić information content (AvgIpc) is 3.31. The number of rotatable bonds is 2. The Morgan fingerprint density at radius 2 is 2.07 bits per heavy atom. The van der Waals surface area contributed by atoms with Crippen molar-refractivity contribution in [1.29, 1.82) is 0 Å². The van der Waals surface area contributed by atoms with Gasteiger partial charge in [0.15, 0.2) is 5.72 Å². The second-order valence-electron chi connectivity index (χ2n) is 7.57. The molecule has 2 amide bonds. The first kappa shape index (κ1) is 16.4. The van der Waals surface area contributed by atoms with Crippen molar-refractivity contribution in [3.05, 3.63) is 65.5 Å². The Hall–Kier alpha value is -2.73. The zero-order valence-electron chi connectivity index (χ0n) is 15.2. The molecule has 0 aliphatic carbocycles. The number of amides is 2. The molecular weight excluding hydrogens is 342 g/mol. The molecular formula is C21H21N3O3. The zero-order valence-corrected chi connectivity index (χ0v) is 15.2. The highest BCUT2D eigenvalue weighted by Gasteiger charge is 2.65. The summed E-state index contributed by atoms with van der Waals surface area (Å²) < 4.78 is 6.26. The highest BCUT2D eigenvalue weighted by atomic mass is 16.5. The van der Waals surface area contributed by atoms with Gasteiger partial charge in [0, 0.05) is 25.4 Å². The van der Waals surface area contributed by atoms with Gasteiger partial charge in [0.05, 0.1) is 30.7 Å². The Kier molecular flexibility index (Phi) is 3.59. The monoisotopic (exact) mass is 363 g/mol. The molecule has 0 N–H and O–H groups in total. The van der Waals surface area contributed by atoms with E-state index in [2.05, 4.69) is 4.98 Å². The third-order valence-corrected chi connectivity index (χ3v) is 6.02. The standard InChI is InChI=1S/C21H21N3O3/c1-14-9-16(12-22-11-14)20(26)23-8-7-21-18(23)10-19(25)24(21)17(13-27-21)15-5-3-2-4-6-15/h2-6,9,11-12,17-18H,7-8,10,13H2,1H3/t17-,18+,21-/m0/s1. The molecule has 6 heteroatoms. The van der Waals surface area contributed by atoms with E-state index in [1.165, 1.54) is 0 Å². The van der Waals surface area contributed by atoms with E-state index in [1.54, 1.807) is 12.4 Å². The van der Waals surface area contributed by atoms with Gasteiger partial charge in [-0.05, 0) is 24.1 Å². The van der Waals surface area contributed by atoms with E-state index in [4.69, 9.17) is 4.74 Å². The van der Waals surface area contributed by atoms with E-state index in [9.17, 15) is 9.59 Å². The van der Waals surface area contributed by atoms with E-state index >= 15 is 0 Å². The number of ether oxygens (including phenoxy) is 1. The van der Waals surface area contributed by atoms with E-state index in [1.807, 2.05) is 53.1 Å². The lowest BCUT2D eigenvalue weighted by Gasteiger charge is -2.33. The van der Waals surface area contributed by atoms with Gasteiger partial charge in [-0.3, -0.25) is 14.6 Å². The van der Waals surface area contributed by atoms with Gasteiger partial charge >= 0.3 is 0 Å². The van der Waals surface area contributed by atoms with Crippen molar-refractivity contribution in [3.8, 4) is 0 Å². The van der Waals surface area contributed by atoms with Gasteiger partial charge in [0.25, 0.3) is 5.91 Å². The minimum absolute atomic E-state index is 0.0613. The number of carbonyl (C=O) groups excluding carboxylic acids is 2. The Labute approximate surface area is 157 Å². The van der Waals surface area contributed by atoms with Crippen molar-refractivity contribution < 1.29 is 14.3 Å². The van der Waals surface area contributed by atoms with Crippen LogP contribution in [0.1, 0.15) is 40.4 Å². The molecule has 1 spiro atoms. The highest BCUT2D eigenvalue weighted by Crippen LogP contribution is 2.51. The largest absolute Gasteiger partial charge is 0.351 e. The van der Waals surface area contributed by atoms with Crippen LogP contribution in [0.2, 0.25) is 0 Å². The van der Waals surface area contributed by atoms with Crippen LogP contribution in [0.3, 0.4) is 0 Å². The Morgan fingerprint density at radius 3 is 2.85 bits per heavy atom. The molecule has 5 rings (SSSR count). The molecule has 0 saturated carbocycles. The van der Waals surface area contributed by atoms with Crippen molar-refractivity contribution in [2.45, 2.75) is 37.6 Å². The molecule has 3 fully saturated rings. The number of aromatic nitrogens is 1. The third-order valence-electron chi connectivity index (χ3n) is 6.02. The molecule has 2 aromatic rings. The maximum absolute atomic E-state index is 13.1. The van der Waals surface area contributed by atoms with Crippen LogP contribution in [0.5, 0.6) is 0 Å². The molecule has 0 bridgehead atoms. The fourth-order valence-electron chi connectivity index (χ4n) is 4.85. The summed E-state index contributed by atoms with van der Waals surface area (Å²) in [4.78, 5) is 33.8. The Balaban J connectivity index is 1.47. The van der Waals surface area contributed by atoms with Crippen molar-refractivity contribution in [2.75, 3.05) is 13.2 Å². The minimum atomic E-state index is -0.690. The average molecular weight is 363 g/mol. The molecule has 27 heavy (non-hydrogen) atoms. The lowest BCUT2D eigenvalue weighted by Crippen LogP contribution is -2.49. The van der Waals surface area contributed by atoms with E-state index in [0.29, 0.717) is 31.6 Å². The summed E-state index contributed by atoms with van der Waals surface area (Å²) in [6.07, 6.45) is 4.29. The van der Waals surface area contributed by atoms with E-state index in [-0.39, 0.29) is 23.9 Å². The first-order valence-electron chi connectivity index (χ1n) is 9.34. The van der Waals surface area contributed by atoms with Crippen molar-refractivity contribution in [1.82, 2.24) is 14.8 Å². The maximum Gasteiger partial charge on any atom is 0.255 e. The molecule has 3 atom stereocenters. The second kappa shape index (κ2) is 5.89. The topological polar surface area (TPSA) is 62.7 Å². The summed E-state index contributed by atoms with van der Waals surface area (Å²) >= 11 is 0. The van der Waals surface area contributed by atoms with Crippen LogP contribution in [0.15, 0.2) is 48.8 Å². The molecule has 6 nitrogen and oxygen atoms in total. The van der Waals surface area contributed by atoms with E-state index < -0.39 is 5.72 Å². The number of hydrogen-bond donors (Lipinski definition) is 0. The number of carbonyl (C=O) groups is 2. The fraction of sp³-hybridized carbons (Fsp3) is 0.381. The SMILES string of the molecule is Cc1cncc(C(=O)N2CC[C@@]34OC[C@@H](c5ccccc5)N3C(=O)C[C@@H]24)c1. The van der Waals surface area contributed by atoms with Gasteiger partial charge in [0.1, 0.15) is 0 Å².